The van der Waals surface area contributed by atoms with Gasteiger partial charge in [-0.25, -0.2) is 9.37 Å². The highest BCUT2D eigenvalue weighted by Crippen LogP contribution is 2.44. The molecule has 1 amide bonds. The first kappa shape index (κ1) is 26.1. The predicted molar refractivity (Wildman–Crippen MR) is 143 cm³/mol. The number of anilines is 2. The number of fused-ring (bicyclic) bond motifs is 1. The Morgan fingerprint density at radius 1 is 1.18 bits per heavy atom. The van der Waals surface area contributed by atoms with Gasteiger partial charge in [0.25, 0.3) is 5.91 Å². The smallest absolute Gasteiger partial charge is 0.311 e. The van der Waals surface area contributed by atoms with Gasteiger partial charge in [0.2, 0.25) is 0 Å². The number of rotatable bonds is 5. The monoisotopic (exact) mass is 536 g/mol. The molecule has 38 heavy (non-hydrogen) atoms. The van der Waals surface area contributed by atoms with Crippen LogP contribution in [0.3, 0.4) is 0 Å². The maximum Gasteiger partial charge on any atom is 0.311 e. The third kappa shape index (κ3) is 4.85. The number of aromatic nitrogens is 2. The lowest BCUT2D eigenvalue weighted by molar-refractivity contribution is -0.150. The van der Waals surface area contributed by atoms with Crippen molar-refractivity contribution in [1.29, 1.82) is 0 Å². The molecule has 3 aromatic rings. The number of carbonyl (C=O) groups excluding carboxylic acids is 2. The summed E-state index contributed by atoms with van der Waals surface area (Å²) < 4.78 is 19.6. The molecule has 198 valence electrons. The van der Waals surface area contributed by atoms with Crippen LogP contribution in [0.1, 0.15) is 55.0 Å². The number of pyridine rings is 2. The van der Waals surface area contributed by atoms with Gasteiger partial charge in [0.15, 0.2) is 0 Å². The van der Waals surface area contributed by atoms with Crippen LogP contribution in [0.25, 0.3) is 0 Å². The molecule has 0 bridgehead atoms. The first-order valence-electron chi connectivity index (χ1n) is 12.8. The van der Waals surface area contributed by atoms with E-state index in [1.54, 1.807) is 30.2 Å². The Balaban J connectivity index is 1.41. The van der Waals surface area contributed by atoms with E-state index in [2.05, 4.69) is 18.8 Å². The second-order valence-electron chi connectivity index (χ2n) is 10.4. The first-order valence-corrected chi connectivity index (χ1v) is 13.2. The average molecular weight is 537 g/mol. The zero-order chi connectivity index (χ0) is 27.0. The quantitative estimate of drug-likeness (QED) is 0.400. The summed E-state index contributed by atoms with van der Waals surface area (Å²) in [4.78, 5) is 39.5. The fourth-order valence-electron chi connectivity index (χ4n) is 5.46. The van der Waals surface area contributed by atoms with Crippen LogP contribution in [-0.2, 0) is 14.9 Å². The van der Waals surface area contributed by atoms with Crippen LogP contribution < -0.4 is 4.90 Å². The van der Waals surface area contributed by atoms with Gasteiger partial charge in [0.05, 0.1) is 28.9 Å². The molecule has 0 saturated carbocycles. The zero-order valence-corrected chi connectivity index (χ0v) is 22.4. The second kappa shape index (κ2) is 10.3. The zero-order valence-electron chi connectivity index (χ0n) is 21.7. The number of benzene rings is 1. The van der Waals surface area contributed by atoms with Gasteiger partial charge in [-0.3, -0.25) is 14.6 Å². The number of hydrogen-bond acceptors (Lipinski definition) is 6. The minimum atomic E-state index is -0.510. The van der Waals surface area contributed by atoms with E-state index in [9.17, 15) is 14.0 Å². The normalized spacial score (nSPS) is 20.2. The van der Waals surface area contributed by atoms with Crippen molar-refractivity contribution >= 4 is 34.9 Å². The van der Waals surface area contributed by atoms with Gasteiger partial charge in [-0.2, -0.15) is 0 Å². The van der Waals surface area contributed by atoms with E-state index in [1.807, 2.05) is 29.2 Å². The second-order valence-corrected chi connectivity index (χ2v) is 10.8. The maximum absolute atomic E-state index is 14.2. The third-order valence-electron chi connectivity index (χ3n) is 7.35. The summed E-state index contributed by atoms with van der Waals surface area (Å²) in [7, 11) is 0. The lowest BCUT2D eigenvalue weighted by atomic mass is 9.82. The molecule has 5 rings (SSSR count). The standard InChI is InChI=1S/C29H30ClFN4O3/c1-4-38-28(37)20-16-34(14-12-19(20)23-7-5-6-13-32-23)27(36)24-10-11-25-26(33-24)29(2,3)17-35(25)18-8-9-21(30)22(31)15-18/h5-11,13,15,19-20H,4,12,14,16-17H2,1-3H3/t19-,20?/m0/s1. The third-order valence-corrected chi connectivity index (χ3v) is 7.66. The van der Waals surface area contributed by atoms with Crippen molar-refractivity contribution in [2.45, 2.75) is 38.5 Å². The Labute approximate surface area is 226 Å². The van der Waals surface area contributed by atoms with Gasteiger partial charge in [0, 0.05) is 48.5 Å². The molecule has 1 fully saturated rings. The highest BCUT2D eigenvalue weighted by molar-refractivity contribution is 6.30. The van der Waals surface area contributed by atoms with Crippen LogP contribution in [0.15, 0.2) is 54.7 Å². The highest BCUT2D eigenvalue weighted by Gasteiger charge is 2.41. The van der Waals surface area contributed by atoms with Crippen molar-refractivity contribution in [3.63, 3.8) is 0 Å². The predicted octanol–water partition coefficient (Wildman–Crippen LogP) is 5.51. The number of nitrogens with zero attached hydrogens (tertiary/aromatic N) is 4. The summed E-state index contributed by atoms with van der Waals surface area (Å²) in [5, 5.41) is 0.0689. The van der Waals surface area contributed by atoms with Gasteiger partial charge in [-0.1, -0.05) is 31.5 Å². The van der Waals surface area contributed by atoms with Crippen molar-refractivity contribution in [2.24, 2.45) is 5.92 Å². The summed E-state index contributed by atoms with van der Waals surface area (Å²) >= 11 is 5.88. The van der Waals surface area contributed by atoms with Crippen molar-refractivity contribution in [3.05, 3.63) is 82.6 Å². The van der Waals surface area contributed by atoms with Gasteiger partial charge in [0.1, 0.15) is 11.5 Å². The molecule has 2 aliphatic heterocycles. The topological polar surface area (TPSA) is 75.6 Å². The largest absolute Gasteiger partial charge is 0.466 e. The minimum Gasteiger partial charge on any atom is -0.466 e. The fourth-order valence-corrected chi connectivity index (χ4v) is 5.58. The molecule has 2 aliphatic rings. The molecular weight excluding hydrogens is 507 g/mol. The summed E-state index contributed by atoms with van der Waals surface area (Å²) in [6, 6.07) is 13.9. The lowest BCUT2D eigenvalue weighted by Crippen LogP contribution is -2.46. The molecule has 0 aliphatic carbocycles. The number of piperidine rings is 1. The number of carbonyl (C=O) groups is 2. The molecule has 1 aromatic carbocycles. The summed E-state index contributed by atoms with van der Waals surface area (Å²) in [6.07, 6.45) is 2.31. The number of amides is 1. The molecule has 9 heteroatoms. The van der Waals surface area contributed by atoms with Crippen molar-refractivity contribution in [1.82, 2.24) is 14.9 Å². The molecule has 1 unspecified atom stereocenters. The Kier molecular flexibility index (Phi) is 7.09. The maximum atomic E-state index is 14.2. The number of hydrogen-bond donors (Lipinski definition) is 0. The average Bonchev–Trinajstić information content (AvgIpc) is 3.20. The number of halogens is 2. The summed E-state index contributed by atoms with van der Waals surface area (Å²) in [5.41, 5.74) is 3.04. The molecular formula is C29H30ClFN4O3. The lowest BCUT2D eigenvalue weighted by Gasteiger charge is -2.37. The number of likely N-dealkylation sites (tertiary alicyclic amines) is 1. The molecule has 2 aromatic heterocycles. The molecule has 4 heterocycles. The Hall–Kier alpha value is -3.52. The van der Waals surface area contributed by atoms with E-state index in [0.717, 1.165) is 17.1 Å². The minimum absolute atomic E-state index is 0.0689. The van der Waals surface area contributed by atoms with Crippen LogP contribution in [0.4, 0.5) is 15.8 Å². The molecule has 0 spiro atoms. The Morgan fingerprint density at radius 3 is 2.71 bits per heavy atom. The number of esters is 1. The van der Waals surface area contributed by atoms with Crippen molar-refractivity contribution in [2.75, 3.05) is 31.1 Å². The van der Waals surface area contributed by atoms with Crippen LogP contribution in [-0.4, -0.2) is 53.0 Å². The number of ether oxygens (including phenoxy) is 1. The van der Waals surface area contributed by atoms with Gasteiger partial charge >= 0.3 is 5.97 Å². The highest BCUT2D eigenvalue weighted by atomic mass is 35.5. The van der Waals surface area contributed by atoms with E-state index in [4.69, 9.17) is 21.3 Å². The molecule has 0 radical (unpaired) electrons. The van der Waals surface area contributed by atoms with Gasteiger partial charge < -0.3 is 14.5 Å². The summed E-state index contributed by atoms with van der Waals surface area (Å²) in [6.45, 7) is 7.44. The van der Waals surface area contributed by atoms with Crippen LogP contribution >= 0.6 is 11.6 Å². The van der Waals surface area contributed by atoms with Crippen LogP contribution in [0, 0.1) is 11.7 Å². The van der Waals surface area contributed by atoms with Crippen LogP contribution in [0.5, 0.6) is 0 Å². The van der Waals surface area contributed by atoms with Crippen LogP contribution in [0.2, 0.25) is 5.02 Å². The molecule has 0 N–H and O–H groups in total. The van der Waals surface area contributed by atoms with Gasteiger partial charge in [-0.15, -0.1) is 0 Å². The van der Waals surface area contributed by atoms with E-state index in [-0.39, 0.29) is 41.4 Å². The van der Waals surface area contributed by atoms with Gasteiger partial charge in [-0.05, 0) is 55.8 Å². The molecule has 1 saturated heterocycles. The van der Waals surface area contributed by atoms with Crippen molar-refractivity contribution < 1.29 is 18.7 Å². The SMILES string of the molecule is CCOC(=O)C1CN(C(=O)c2ccc3c(n2)C(C)(C)CN3c2ccc(Cl)c(F)c2)CC[C@@H]1c1ccccn1. The fraction of sp³-hybridized carbons (Fsp3) is 0.379. The van der Waals surface area contributed by atoms with E-state index in [1.165, 1.54) is 12.1 Å². The first-order chi connectivity index (χ1) is 18.2. The Morgan fingerprint density at radius 2 is 2.00 bits per heavy atom. The summed E-state index contributed by atoms with van der Waals surface area (Å²) in [5.74, 6) is -1.67. The van der Waals surface area contributed by atoms with E-state index < -0.39 is 11.7 Å². The van der Waals surface area contributed by atoms with Crippen molar-refractivity contribution in [3.8, 4) is 0 Å². The van der Waals surface area contributed by atoms with E-state index in [0.29, 0.717) is 30.9 Å². The molecule has 7 nitrogen and oxygen atoms in total. The Bertz CT molecular complexity index is 1370. The molecule has 2 atom stereocenters. The van der Waals surface area contributed by atoms with E-state index >= 15 is 0 Å².